The van der Waals surface area contributed by atoms with Crippen LogP contribution < -0.4 is 14.8 Å². The molecule has 1 aliphatic rings. The van der Waals surface area contributed by atoms with Crippen LogP contribution in [0.25, 0.3) is 11.3 Å². The van der Waals surface area contributed by atoms with Crippen molar-refractivity contribution in [3.8, 4) is 22.8 Å². The molecule has 1 atom stereocenters. The molecule has 0 aliphatic carbocycles. The first-order valence-corrected chi connectivity index (χ1v) is 11.7. The molecule has 162 valence electrons. The minimum Gasteiger partial charge on any atom is -0.497 e. The van der Waals surface area contributed by atoms with E-state index in [0.29, 0.717) is 23.7 Å². The van der Waals surface area contributed by atoms with E-state index in [1.54, 1.807) is 30.0 Å². The van der Waals surface area contributed by atoms with E-state index in [1.807, 2.05) is 42.5 Å². The van der Waals surface area contributed by atoms with Crippen LogP contribution >= 0.6 is 0 Å². The fraction of sp³-hybridized carbons (Fsp3) is 0.273. The number of benzene rings is 2. The Kier molecular flexibility index (Phi) is 5.94. The zero-order chi connectivity index (χ0) is 21.8. The molecule has 0 radical (unpaired) electrons. The van der Waals surface area contributed by atoms with Gasteiger partial charge in [0.1, 0.15) is 17.3 Å². The van der Waals surface area contributed by atoms with Gasteiger partial charge in [0.05, 0.1) is 30.4 Å². The zero-order valence-corrected chi connectivity index (χ0v) is 17.8. The number of ether oxygens (including phenoxy) is 2. The standard InChI is InChI=1S/C22H23N3O5S/c1-29-18-9-7-16(8-10-18)20-13-21(25(24-20)17-11-12-31(27,28)15-17)23-22(26)14-30-19-5-3-2-4-6-19/h2-10,13,17H,11-12,14-15H2,1H3,(H,23,26). The molecule has 2 heterocycles. The van der Waals surface area contributed by atoms with Gasteiger partial charge in [0, 0.05) is 11.6 Å². The molecule has 8 nitrogen and oxygen atoms in total. The van der Waals surface area contributed by atoms with Gasteiger partial charge < -0.3 is 14.8 Å². The zero-order valence-electron chi connectivity index (χ0n) is 17.0. The fourth-order valence-corrected chi connectivity index (χ4v) is 5.17. The maximum absolute atomic E-state index is 12.5. The van der Waals surface area contributed by atoms with E-state index in [2.05, 4.69) is 10.4 Å². The van der Waals surface area contributed by atoms with Crippen molar-refractivity contribution in [2.75, 3.05) is 30.5 Å². The highest BCUT2D eigenvalue weighted by Crippen LogP contribution is 2.31. The summed E-state index contributed by atoms with van der Waals surface area (Å²) in [4.78, 5) is 12.5. The van der Waals surface area contributed by atoms with Crippen molar-refractivity contribution in [3.05, 3.63) is 60.7 Å². The first-order chi connectivity index (χ1) is 14.9. The Morgan fingerprint density at radius 3 is 2.52 bits per heavy atom. The van der Waals surface area contributed by atoms with E-state index >= 15 is 0 Å². The largest absolute Gasteiger partial charge is 0.497 e. The minimum absolute atomic E-state index is 0.000117. The molecule has 1 aliphatic heterocycles. The van der Waals surface area contributed by atoms with Crippen molar-refractivity contribution < 1.29 is 22.7 Å². The summed E-state index contributed by atoms with van der Waals surface area (Å²) in [6.45, 7) is -0.171. The van der Waals surface area contributed by atoms with E-state index in [4.69, 9.17) is 9.47 Å². The number of carbonyl (C=O) groups excluding carboxylic acids is 1. The van der Waals surface area contributed by atoms with Crippen LogP contribution in [0.4, 0.5) is 5.82 Å². The minimum atomic E-state index is -3.11. The third kappa shape index (κ3) is 5.05. The summed E-state index contributed by atoms with van der Waals surface area (Å²) in [6, 6.07) is 17.8. The predicted molar refractivity (Wildman–Crippen MR) is 117 cm³/mol. The summed E-state index contributed by atoms with van der Waals surface area (Å²) >= 11 is 0. The molecule has 0 spiro atoms. The number of nitrogens with zero attached hydrogens (tertiary/aromatic N) is 2. The van der Waals surface area contributed by atoms with Gasteiger partial charge in [0.2, 0.25) is 0 Å². The molecule has 9 heteroatoms. The molecule has 1 saturated heterocycles. The maximum Gasteiger partial charge on any atom is 0.263 e. The van der Waals surface area contributed by atoms with Crippen molar-refractivity contribution in [1.29, 1.82) is 0 Å². The normalized spacial score (nSPS) is 17.3. The van der Waals surface area contributed by atoms with Gasteiger partial charge in [-0.3, -0.25) is 4.79 Å². The predicted octanol–water partition coefficient (Wildman–Crippen LogP) is 2.94. The van der Waals surface area contributed by atoms with E-state index < -0.39 is 9.84 Å². The lowest BCUT2D eigenvalue weighted by atomic mass is 10.1. The van der Waals surface area contributed by atoms with Crippen molar-refractivity contribution in [1.82, 2.24) is 9.78 Å². The molecule has 0 saturated carbocycles. The van der Waals surface area contributed by atoms with E-state index in [1.165, 1.54) is 0 Å². The number of nitrogens with one attached hydrogen (secondary N) is 1. The number of rotatable bonds is 7. The fourth-order valence-electron chi connectivity index (χ4n) is 3.48. The van der Waals surface area contributed by atoms with Gasteiger partial charge in [-0.1, -0.05) is 18.2 Å². The number of hydrogen-bond acceptors (Lipinski definition) is 6. The molecule has 4 rings (SSSR count). The Labute approximate surface area is 180 Å². The Bertz CT molecular complexity index is 1160. The van der Waals surface area contributed by atoms with Gasteiger partial charge in [-0.2, -0.15) is 5.10 Å². The van der Waals surface area contributed by atoms with Crippen molar-refractivity contribution in [3.63, 3.8) is 0 Å². The number of methoxy groups -OCH3 is 1. The second-order valence-electron chi connectivity index (χ2n) is 7.29. The molecule has 3 aromatic rings. The van der Waals surface area contributed by atoms with Gasteiger partial charge in [-0.05, 0) is 42.8 Å². The lowest BCUT2D eigenvalue weighted by Gasteiger charge is -2.14. The molecular weight excluding hydrogens is 418 g/mol. The summed E-state index contributed by atoms with van der Waals surface area (Å²) in [7, 11) is -1.52. The summed E-state index contributed by atoms with van der Waals surface area (Å²) in [5, 5.41) is 7.43. The van der Waals surface area contributed by atoms with Crippen LogP contribution in [0.1, 0.15) is 12.5 Å². The highest BCUT2D eigenvalue weighted by molar-refractivity contribution is 7.91. The Hall–Kier alpha value is -3.33. The lowest BCUT2D eigenvalue weighted by molar-refractivity contribution is -0.118. The third-order valence-electron chi connectivity index (χ3n) is 5.06. The van der Waals surface area contributed by atoms with Crippen LogP contribution in [0.2, 0.25) is 0 Å². The van der Waals surface area contributed by atoms with Crippen molar-refractivity contribution in [2.45, 2.75) is 12.5 Å². The number of sulfone groups is 1. The molecule has 31 heavy (non-hydrogen) atoms. The first-order valence-electron chi connectivity index (χ1n) is 9.85. The summed E-state index contributed by atoms with van der Waals surface area (Å²) in [5.41, 5.74) is 1.46. The first kappa shape index (κ1) is 20.9. The number of aromatic nitrogens is 2. The van der Waals surface area contributed by atoms with Gasteiger partial charge >= 0.3 is 0 Å². The number of amides is 1. The average Bonchev–Trinajstić information content (AvgIpc) is 3.35. The smallest absolute Gasteiger partial charge is 0.263 e. The van der Waals surface area contributed by atoms with Crippen LogP contribution in [-0.2, 0) is 14.6 Å². The highest BCUT2D eigenvalue weighted by atomic mass is 32.2. The summed E-state index contributed by atoms with van der Waals surface area (Å²) in [5.74, 6) is 1.50. The van der Waals surface area contributed by atoms with Crippen molar-refractivity contribution >= 4 is 21.6 Å². The Morgan fingerprint density at radius 1 is 1.13 bits per heavy atom. The molecule has 2 aromatic carbocycles. The van der Waals surface area contributed by atoms with Gasteiger partial charge in [0.25, 0.3) is 5.91 Å². The van der Waals surface area contributed by atoms with Gasteiger partial charge in [-0.15, -0.1) is 0 Å². The molecule has 0 bridgehead atoms. The number of anilines is 1. The summed E-state index contributed by atoms with van der Waals surface area (Å²) < 4.78 is 36.3. The van der Waals surface area contributed by atoms with Crippen LogP contribution in [0, 0.1) is 0 Å². The Balaban J connectivity index is 1.56. The second-order valence-corrected chi connectivity index (χ2v) is 9.52. The van der Waals surface area contributed by atoms with E-state index in [-0.39, 0.29) is 30.1 Å². The quantitative estimate of drug-likeness (QED) is 0.605. The topological polar surface area (TPSA) is 99.5 Å². The molecular formula is C22H23N3O5S. The van der Waals surface area contributed by atoms with Gasteiger partial charge in [0.15, 0.2) is 16.4 Å². The monoisotopic (exact) mass is 441 g/mol. The molecule has 1 aromatic heterocycles. The number of carbonyl (C=O) groups is 1. The van der Waals surface area contributed by atoms with Crippen LogP contribution in [0.5, 0.6) is 11.5 Å². The molecule has 1 amide bonds. The SMILES string of the molecule is COc1ccc(-c2cc(NC(=O)COc3ccccc3)n(C3CCS(=O)(=O)C3)n2)cc1. The molecule has 1 unspecified atom stereocenters. The second kappa shape index (κ2) is 8.81. The van der Waals surface area contributed by atoms with Gasteiger partial charge in [-0.25, -0.2) is 13.1 Å². The summed E-state index contributed by atoms with van der Waals surface area (Å²) in [6.07, 6.45) is 0.454. The average molecular weight is 442 g/mol. The van der Waals surface area contributed by atoms with E-state index in [0.717, 1.165) is 11.3 Å². The number of para-hydroxylation sites is 1. The highest BCUT2D eigenvalue weighted by Gasteiger charge is 2.31. The molecule has 1 fully saturated rings. The van der Waals surface area contributed by atoms with Crippen LogP contribution in [-0.4, -0.2) is 49.3 Å². The molecule has 1 N–H and O–H groups in total. The van der Waals surface area contributed by atoms with Crippen LogP contribution in [0.3, 0.4) is 0 Å². The number of hydrogen-bond donors (Lipinski definition) is 1. The lowest BCUT2D eigenvalue weighted by Crippen LogP contribution is -2.23. The van der Waals surface area contributed by atoms with E-state index in [9.17, 15) is 13.2 Å². The van der Waals surface area contributed by atoms with Crippen LogP contribution in [0.15, 0.2) is 60.7 Å². The maximum atomic E-state index is 12.5. The Morgan fingerprint density at radius 2 is 1.87 bits per heavy atom. The third-order valence-corrected chi connectivity index (χ3v) is 6.81. The van der Waals surface area contributed by atoms with Crippen molar-refractivity contribution in [2.24, 2.45) is 0 Å².